The molecule has 1 amide bonds. The number of thiazole rings is 1. The third-order valence-corrected chi connectivity index (χ3v) is 5.24. The van der Waals surface area contributed by atoms with Crippen molar-refractivity contribution in [1.82, 2.24) is 4.98 Å². The van der Waals surface area contributed by atoms with E-state index in [0.29, 0.717) is 33.1 Å². The minimum absolute atomic E-state index is 0.146. The van der Waals surface area contributed by atoms with E-state index in [9.17, 15) is 14.9 Å². The largest absolute Gasteiger partial charge is 0.422 e. The van der Waals surface area contributed by atoms with Crippen LogP contribution in [0.1, 0.15) is 11.9 Å². The zero-order valence-electron chi connectivity index (χ0n) is 16.4. The van der Waals surface area contributed by atoms with E-state index < -0.39 is 5.63 Å². The van der Waals surface area contributed by atoms with E-state index in [0.717, 1.165) is 11.1 Å². The number of anilines is 2. The first-order valence-corrected chi connectivity index (χ1v) is 10.1. The molecule has 0 spiro atoms. The summed E-state index contributed by atoms with van der Waals surface area (Å²) in [5.74, 6) is -0.146. The van der Waals surface area contributed by atoms with Gasteiger partial charge in [-0.25, -0.2) is 9.78 Å². The van der Waals surface area contributed by atoms with Crippen molar-refractivity contribution in [3.05, 3.63) is 81.6 Å². The average molecular weight is 428 g/mol. The van der Waals surface area contributed by atoms with Gasteiger partial charge in [-0.3, -0.25) is 4.79 Å². The van der Waals surface area contributed by atoms with E-state index in [1.807, 2.05) is 12.1 Å². The lowest BCUT2D eigenvalue weighted by Crippen LogP contribution is -2.05. The number of nitriles is 1. The average Bonchev–Trinajstić information content (AvgIpc) is 3.24. The van der Waals surface area contributed by atoms with E-state index in [4.69, 9.17) is 4.42 Å². The molecule has 2 heterocycles. The van der Waals surface area contributed by atoms with Crippen molar-refractivity contribution in [2.75, 3.05) is 10.6 Å². The number of allylic oxidation sites excluding steroid dienone is 1. The van der Waals surface area contributed by atoms with Crippen LogP contribution in [0.15, 0.2) is 75.4 Å². The molecule has 152 valence electrons. The van der Waals surface area contributed by atoms with E-state index in [2.05, 4.69) is 21.7 Å². The fourth-order valence-corrected chi connectivity index (χ4v) is 3.70. The summed E-state index contributed by atoms with van der Waals surface area (Å²) < 4.78 is 5.37. The lowest BCUT2D eigenvalue weighted by atomic mass is 10.1. The van der Waals surface area contributed by atoms with Crippen LogP contribution in [0.2, 0.25) is 0 Å². The van der Waals surface area contributed by atoms with Gasteiger partial charge in [-0.15, -0.1) is 11.3 Å². The van der Waals surface area contributed by atoms with Crippen molar-refractivity contribution in [1.29, 1.82) is 5.26 Å². The number of fused-ring (bicyclic) bond motifs is 1. The first kappa shape index (κ1) is 20.1. The Bertz CT molecular complexity index is 1390. The molecular formula is C23H16N4O3S. The van der Waals surface area contributed by atoms with Gasteiger partial charge in [0.2, 0.25) is 5.91 Å². The molecule has 0 saturated heterocycles. The van der Waals surface area contributed by atoms with Gasteiger partial charge in [0, 0.05) is 35.3 Å². The molecular weight excluding hydrogens is 412 g/mol. The highest BCUT2D eigenvalue weighted by Crippen LogP contribution is 2.26. The molecule has 0 radical (unpaired) electrons. The standard InChI is InChI=1S/C23H16N4O3S/c1-14(28)26-18-8-6-17(7-9-18)25-12-16(11-24)22-27-20(13-31-22)19-10-15-4-2-3-5-21(15)30-23(19)29/h2-10,12-13,25H,1H3,(H,26,28)/b16-12+. The number of benzene rings is 2. The lowest BCUT2D eigenvalue weighted by molar-refractivity contribution is -0.114. The summed E-state index contributed by atoms with van der Waals surface area (Å²) >= 11 is 1.27. The van der Waals surface area contributed by atoms with Crippen LogP contribution in [0.4, 0.5) is 11.4 Å². The molecule has 0 fully saturated rings. The smallest absolute Gasteiger partial charge is 0.345 e. The summed E-state index contributed by atoms with van der Waals surface area (Å²) in [6.45, 7) is 1.44. The third kappa shape index (κ3) is 4.52. The van der Waals surface area contributed by atoms with Crippen LogP contribution in [0.3, 0.4) is 0 Å². The first-order chi connectivity index (χ1) is 15.0. The van der Waals surface area contributed by atoms with Gasteiger partial charge >= 0.3 is 5.63 Å². The number of carbonyl (C=O) groups is 1. The Morgan fingerprint density at radius 1 is 1.16 bits per heavy atom. The van der Waals surface area contributed by atoms with Crippen LogP contribution in [-0.4, -0.2) is 10.9 Å². The lowest BCUT2D eigenvalue weighted by Gasteiger charge is -2.04. The molecule has 7 nitrogen and oxygen atoms in total. The topological polar surface area (TPSA) is 108 Å². The summed E-state index contributed by atoms with van der Waals surface area (Å²) in [5.41, 5.74) is 2.59. The van der Waals surface area contributed by atoms with Gasteiger partial charge in [-0.2, -0.15) is 5.26 Å². The number of nitrogens with one attached hydrogen (secondary N) is 2. The molecule has 4 rings (SSSR count). The second-order valence-corrected chi connectivity index (χ2v) is 7.45. The molecule has 4 aromatic rings. The van der Waals surface area contributed by atoms with Gasteiger partial charge in [0.15, 0.2) is 0 Å². The molecule has 0 aliphatic heterocycles. The minimum Gasteiger partial charge on any atom is -0.422 e. The molecule has 0 atom stereocenters. The summed E-state index contributed by atoms with van der Waals surface area (Å²) in [6.07, 6.45) is 1.55. The summed E-state index contributed by atoms with van der Waals surface area (Å²) in [6, 6.07) is 18.2. The van der Waals surface area contributed by atoms with Gasteiger partial charge in [0.1, 0.15) is 22.2 Å². The second-order valence-electron chi connectivity index (χ2n) is 6.60. The van der Waals surface area contributed by atoms with Gasteiger partial charge in [0.05, 0.1) is 11.3 Å². The van der Waals surface area contributed by atoms with Crippen LogP contribution in [-0.2, 0) is 4.79 Å². The van der Waals surface area contributed by atoms with E-state index >= 15 is 0 Å². The zero-order chi connectivity index (χ0) is 21.8. The highest BCUT2D eigenvalue weighted by atomic mass is 32.1. The van der Waals surface area contributed by atoms with E-state index in [1.165, 1.54) is 18.3 Å². The van der Waals surface area contributed by atoms with Crippen LogP contribution in [0.5, 0.6) is 0 Å². The maximum atomic E-state index is 12.4. The SMILES string of the molecule is CC(=O)Nc1ccc(N/C=C(\C#N)c2nc(-c3cc4ccccc4oc3=O)cs2)cc1. The van der Waals surface area contributed by atoms with Crippen LogP contribution < -0.4 is 16.3 Å². The molecule has 0 saturated carbocycles. The monoisotopic (exact) mass is 428 g/mol. The number of hydrogen-bond acceptors (Lipinski definition) is 7. The van der Waals surface area contributed by atoms with Gasteiger partial charge in [-0.05, 0) is 36.4 Å². The first-order valence-electron chi connectivity index (χ1n) is 9.27. The number of hydrogen-bond donors (Lipinski definition) is 2. The van der Waals surface area contributed by atoms with Crippen molar-refractivity contribution in [2.45, 2.75) is 6.92 Å². The quantitative estimate of drug-likeness (QED) is 0.347. The Morgan fingerprint density at radius 3 is 2.65 bits per heavy atom. The molecule has 0 bridgehead atoms. The van der Waals surface area contributed by atoms with E-state index in [-0.39, 0.29) is 5.91 Å². The van der Waals surface area contributed by atoms with Crippen LogP contribution >= 0.6 is 11.3 Å². The molecule has 2 aromatic heterocycles. The number of amides is 1. The highest BCUT2D eigenvalue weighted by molar-refractivity contribution is 7.11. The van der Waals surface area contributed by atoms with Crippen LogP contribution in [0.25, 0.3) is 27.8 Å². The molecule has 31 heavy (non-hydrogen) atoms. The van der Waals surface area contributed by atoms with Crippen molar-refractivity contribution in [2.24, 2.45) is 0 Å². The number of carbonyl (C=O) groups excluding carboxylic acids is 1. The van der Waals surface area contributed by atoms with Crippen molar-refractivity contribution in [3.8, 4) is 17.3 Å². The van der Waals surface area contributed by atoms with Gasteiger partial charge < -0.3 is 15.1 Å². The Morgan fingerprint density at radius 2 is 1.90 bits per heavy atom. The number of nitrogens with zero attached hydrogens (tertiary/aromatic N) is 2. The number of rotatable bonds is 5. The maximum Gasteiger partial charge on any atom is 0.345 e. The molecule has 8 heteroatoms. The van der Waals surface area contributed by atoms with Crippen LogP contribution in [0, 0.1) is 11.3 Å². The zero-order valence-corrected chi connectivity index (χ0v) is 17.2. The predicted molar refractivity (Wildman–Crippen MR) is 122 cm³/mol. The normalized spacial score (nSPS) is 11.2. The Labute approximate surface area is 181 Å². The van der Waals surface area contributed by atoms with Crippen molar-refractivity contribution in [3.63, 3.8) is 0 Å². The molecule has 2 aromatic carbocycles. The van der Waals surface area contributed by atoms with Gasteiger partial charge in [0.25, 0.3) is 0 Å². The highest BCUT2D eigenvalue weighted by Gasteiger charge is 2.13. The molecule has 2 N–H and O–H groups in total. The van der Waals surface area contributed by atoms with Crippen molar-refractivity contribution < 1.29 is 9.21 Å². The summed E-state index contributed by atoms with van der Waals surface area (Å²) in [7, 11) is 0. The molecule has 0 aliphatic carbocycles. The third-order valence-electron chi connectivity index (χ3n) is 4.36. The molecule has 0 unspecified atom stereocenters. The maximum absolute atomic E-state index is 12.4. The van der Waals surface area contributed by atoms with Crippen molar-refractivity contribution >= 4 is 45.2 Å². The Hall–Kier alpha value is -4.22. The Kier molecular flexibility index (Phi) is 5.60. The number of aromatic nitrogens is 1. The Balaban J connectivity index is 1.57. The summed E-state index contributed by atoms with van der Waals surface area (Å²) in [5, 5.41) is 18.3. The minimum atomic E-state index is -0.476. The predicted octanol–water partition coefficient (Wildman–Crippen LogP) is 4.85. The number of para-hydroxylation sites is 1. The fraction of sp³-hybridized carbons (Fsp3) is 0.0435. The fourth-order valence-electron chi connectivity index (χ4n) is 2.91. The van der Waals surface area contributed by atoms with Gasteiger partial charge in [-0.1, -0.05) is 18.2 Å². The van der Waals surface area contributed by atoms with E-state index in [1.54, 1.807) is 54.0 Å². The molecule has 0 aliphatic rings. The summed E-state index contributed by atoms with van der Waals surface area (Å²) in [4.78, 5) is 27.9. The second kappa shape index (κ2) is 8.65.